The van der Waals surface area contributed by atoms with Crippen LogP contribution in [0.15, 0.2) is 98.6 Å². The molecule has 0 unspecified atom stereocenters. The molecular weight excluding hydrogens is 358 g/mol. The normalized spacial score (nSPS) is 12.4. The van der Waals surface area contributed by atoms with Crippen LogP contribution in [0.5, 0.6) is 0 Å². The standard InChI is InChI=1S/C22H17NO3S/c1-16-11-13-19(14-12-16)27(24,25)23-22-20-10-6-5-9-18(20)15-21(26-22)17-7-3-2-4-8-17/h2-15H,1H3/b23-22-. The Morgan fingerprint density at radius 3 is 2.22 bits per heavy atom. The van der Waals surface area contributed by atoms with E-state index in [1.54, 1.807) is 30.3 Å². The molecule has 0 saturated heterocycles. The van der Waals surface area contributed by atoms with Crippen LogP contribution in [-0.4, -0.2) is 8.42 Å². The Balaban J connectivity index is 1.97. The molecule has 4 nitrogen and oxygen atoms in total. The molecule has 3 aromatic carbocycles. The van der Waals surface area contributed by atoms with E-state index < -0.39 is 10.0 Å². The van der Waals surface area contributed by atoms with E-state index in [2.05, 4.69) is 4.40 Å². The van der Waals surface area contributed by atoms with Crippen molar-refractivity contribution in [2.75, 3.05) is 0 Å². The van der Waals surface area contributed by atoms with Crippen LogP contribution in [0, 0.1) is 6.92 Å². The first-order valence-corrected chi connectivity index (χ1v) is 9.93. The number of sulfonamides is 1. The van der Waals surface area contributed by atoms with Crippen molar-refractivity contribution in [3.05, 3.63) is 96.0 Å². The van der Waals surface area contributed by atoms with Gasteiger partial charge in [-0.2, -0.15) is 8.42 Å². The van der Waals surface area contributed by atoms with Gasteiger partial charge in [0.2, 0.25) is 5.55 Å². The Labute approximate surface area is 157 Å². The number of hydrogen-bond donors (Lipinski definition) is 0. The molecule has 0 atom stereocenters. The number of benzene rings is 3. The van der Waals surface area contributed by atoms with Gasteiger partial charge in [-0.3, -0.25) is 0 Å². The predicted octanol–water partition coefficient (Wildman–Crippen LogP) is 4.70. The number of rotatable bonds is 3. The van der Waals surface area contributed by atoms with Gasteiger partial charge in [-0.15, -0.1) is 4.40 Å². The van der Waals surface area contributed by atoms with Crippen molar-refractivity contribution in [1.29, 1.82) is 0 Å². The van der Waals surface area contributed by atoms with E-state index >= 15 is 0 Å². The average molecular weight is 375 g/mol. The van der Waals surface area contributed by atoms with Crippen molar-refractivity contribution >= 4 is 20.8 Å². The molecule has 5 heteroatoms. The molecule has 4 aromatic rings. The molecule has 27 heavy (non-hydrogen) atoms. The van der Waals surface area contributed by atoms with Gasteiger partial charge in [-0.05, 0) is 36.6 Å². The first-order chi connectivity index (χ1) is 13.0. The Morgan fingerprint density at radius 1 is 0.815 bits per heavy atom. The summed E-state index contributed by atoms with van der Waals surface area (Å²) in [6.07, 6.45) is 0. The van der Waals surface area contributed by atoms with Crippen LogP contribution in [0.25, 0.3) is 22.1 Å². The monoisotopic (exact) mass is 375 g/mol. The minimum atomic E-state index is -3.89. The second-order valence-corrected chi connectivity index (χ2v) is 7.85. The highest BCUT2D eigenvalue weighted by atomic mass is 32.2. The topological polar surface area (TPSA) is 59.6 Å². The molecule has 0 aliphatic carbocycles. The van der Waals surface area contributed by atoms with Crippen LogP contribution in [0.4, 0.5) is 0 Å². The molecule has 4 rings (SSSR count). The van der Waals surface area contributed by atoms with E-state index in [0.717, 1.165) is 16.5 Å². The van der Waals surface area contributed by atoms with Gasteiger partial charge in [0.25, 0.3) is 10.0 Å². The molecular formula is C22H17NO3S. The van der Waals surface area contributed by atoms with Crippen molar-refractivity contribution in [3.63, 3.8) is 0 Å². The maximum atomic E-state index is 12.8. The third-order valence-electron chi connectivity index (χ3n) is 4.26. The average Bonchev–Trinajstić information content (AvgIpc) is 2.69. The summed E-state index contributed by atoms with van der Waals surface area (Å²) in [7, 11) is -3.89. The van der Waals surface area contributed by atoms with E-state index in [1.807, 2.05) is 61.5 Å². The molecule has 1 aromatic heterocycles. The van der Waals surface area contributed by atoms with Crippen molar-refractivity contribution in [2.24, 2.45) is 4.40 Å². The summed E-state index contributed by atoms with van der Waals surface area (Å²) in [6.45, 7) is 1.90. The maximum absolute atomic E-state index is 12.8. The summed E-state index contributed by atoms with van der Waals surface area (Å²) < 4.78 is 35.5. The predicted molar refractivity (Wildman–Crippen MR) is 106 cm³/mol. The Hall–Kier alpha value is -3.18. The first kappa shape index (κ1) is 17.2. The van der Waals surface area contributed by atoms with Crippen molar-refractivity contribution in [1.82, 2.24) is 0 Å². The van der Waals surface area contributed by atoms with Crippen LogP contribution in [0.3, 0.4) is 0 Å². The SMILES string of the molecule is Cc1ccc(S(=O)(=O)/N=c2\oc(-c3ccccc3)cc3ccccc23)cc1. The lowest BCUT2D eigenvalue weighted by Crippen LogP contribution is -2.09. The number of nitrogens with zero attached hydrogens (tertiary/aromatic N) is 1. The molecule has 0 aliphatic heterocycles. The lowest BCUT2D eigenvalue weighted by molar-refractivity contribution is 0.519. The highest BCUT2D eigenvalue weighted by Crippen LogP contribution is 2.22. The van der Waals surface area contributed by atoms with Gasteiger partial charge in [0.15, 0.2) is 0 Å². The fourth-order valence-electron chi connectivity index (χ4n) is 2.83. The fraction of sp³-hybridized carbons (Fsp3) is 0.0455. The van der Waals surface area contributed by atoms with Crippen molar-refractivity contribution in [3.8, 4) is 11.3 Å². The minimum Gasteiger partial charge on any atom is -0.437 e. The third kappa shape index (κ3) is 3.55. The molecule has 0 N–H and O–H groups in total. The minimum absolute atomic E-state index is 0.0764. The van der Waals surface area contributed by atoms with Crippen LogP contribution in [0.1, 0.15) is 5.56 Å². The smallest absolute Gasteiger partial charge is 0.285 e. The lowest BCUT2D eigenvalue weighted by atomic mass is 10.1. The third-order valence-corrected chi connectivity index (χ3v) is 5.54. The summed E-state index contributed by atoms with van der Waals surface area (Å²) >= 11 is 0. The van der Waals surface area contributed by atoms with Crippen molar-refractivity contribution < 1.29 is 12.8 Å². The van der Waals surface area contributed by atoms with E-state index in [1.165, 1.54) is 0 Å². The van der Waals surface area contributed by atoms with Gasteiger partial charge in [0, 0.05) is 10.9 Å². The highest BCUT2D eigenvalue weighted by Gasteiger charge is 2.14. The largest absolute Gasteiger partial charge is 0.437 e. The zero-order valence-corrected chi connectivity index (χ0v) is 15.5. The Bertz CT molecular complexity index is 1270. The Kier molecular flexibility index (Phi) is 4.38. The van der Waals surface area contributed by atoms with Gasteiger partial charge in [-0.25, -0.2) is 0 Å². The molecule has 0 spiro atoms. The first-order valence-electron chi connectivity index (χ1n) is 8.49. The van der Waals surface area contributed by atoms with E-state index in [9.17, 15) is 8.42 Å². The molecule has 0 aliphatic rings. The zero-order valence-electron chi connectivity index (χ0n) is 14.7. The summed E-state index contributed by atoms with van der Waals surface area (Å²) in [6, 6.07) is 25.5. The molecule has 0 amide bonds. The molecule has 0 saturated carbocycles. The quantitative estimate of drug-likeness (QED) is 0.521. The van der Waals surface area contributed by atoms with Crippen LogP contribution >= 0.6 is 0 Å². The number of fused-ring (bicyclic) bond motifs is 1. The van der Waals surface area contributed by atoms with Gasteiger partial charge in [-0.1, -0.05) is 66.2 Å². The second kappa shape index (κ2) is 6.85. The summed E-state index contributed by atoms with van der Waals surface area (Å²) in [5, 5.41) is 1.51. The molecule has 0 fully saturated rings. The fourth-order valence-corrected chi connectivity index (χ4v) is 3.77. The summed E-state index contributed by atoms with van der Waals surface area (Å²) in [5.74, 6) is 0.562. The molecule has 0 radical (unpaired) electrons. The highest BCUT2D eigenvalue weighted by molar-refractivity contribution is 7.90. The maximum Gasteiger partial charge on any atom is 0.285 e. The van der Waals surface area contributed by atoms with Crippen LogP contribution in [-0.2, 0) is 10.0 Å². The number of hydrogen-bond acceptors (Lipinski definition) is 3. The van der Waals surface area contributed by atoms with Gasteiger partial charge < -0.3 is 4.42 Å². The number of aryl methyl sites for hydroxylation is 1. The van der Waals surface area contributed by atoms with Crippen LogP contribution < -0.4 is 5.55 Å². The molecule has 0 bridgehead atoms. The second-order valence-electron chi connectivity index (χ2n) is 6.25. The zero-order chi connectivity index (χ0) is 18.9. The van der Waals surface area contributed by atoms with E-state index in [-0.39, 0.29) is 10.4 Å². The van der Waals surface area contributed by atoms with Crippen molar-refractivity contribution in [2.45, 2.75) is 11.8 Å². The Morgan fingerprint density at radius 2 is 1.48 bits per heavy atom. The van der Waals surface area contributed by atoms with E-state index in [4.69, 9.17) is 4.42 Å². The molecule has 1 heterocycles. The summed E-state index contributed by atoms with van der Waals surface area (Å²) in [4.78, 5) is 0.137. The van der Waals surface area contributed by atoms with Crippen LogP contribution in [0.2, 0.25) is 0 Å². The van der Waals surface area contributed by atoms with Gasteiger partial charge >= 0.3 is 0 Å². The lowest BCUT2D eigenvalue weighted by Gasteiger charge is -2.05. The summed E-state index contributed by atoms with van der Waals surface area (Å²) in [5.41, 5.74) is 1.91. The van der Waals surface area contributed by atoms with Gasteiger partial charge in [0.1, 0.15) is 5.76 Å². The molecule has 134 valence electrons. The van der Waals surface area contributed by atoms with Gasteiger partial charge in [0.05, 0.1) is 4.90 Å². The van der Waals surface area contributed by atoms with E-state index in [0.29, 0.717) is 11.1 Å².